The number of halogens is 1. The van der Waals surface area contributed by atoms with Crippen LogP contribution in [0.1, 0.15) is 19.4 Å². The summed E-state index contributed by atoms with van der Waals surface area (Å²) in [7, 11) is 0. The number of rotatable bonds is 8. The van der Waals surface area contributed by atoms with Crippen LogP contribution < -0.4 is 5.32 Å². The minimum atomic E-state index is 0. The number of para-hydroxylation sites is 1. The minimum Gasteiger partial charge on any atom is -0.325 e. The van der Waals surface area contributed by atoms with E-state index in [1.807, 2.05) is 31.2 Å². The number of hydrogen-bond donors (Lipinski definition) is 1. The number of nitrogens with zero attached hydrogens (tertiary/aromatic N) is 1. The van der Waals surface area contributed by atoms with E-state index in [0.717, 1.165) is 36.6 Å². The molecule has 0 aliphatic carbocycles. The van der Waals surface area contributed by atoms with Gasteiger partial charge >= 0.3 is 0 Å². The van der Waals surface area contributed by atoms with Crippen LogP contribution >= 0.6 is 24.2 Å². The number of aryl methyl sites for hydroxylation is 1. The van der Waals surface area contributed by atoms with E-state index in [-0.39, 0.29) is 18.3 Å². The van der Waals surface area contributed by atoms with Crippen molar-refractivity contribution in [1.29, 1.82) is 0 Å². The van der Waals surface area contributed by atoms with Gasteiger partial charge in [-0.05, 0) is 31.6 Å². The third-order valence-electron chi connectivity index (χ3n) is 3.10. The molecule has 0 saturated heterocycles. The number of nitrogens with one attached hydrogen (secondary N) is 1. The Bertz CT molecular complexity index is 397. The first kappa shape index (κ1) is 19.3. The largest absolute Gasteiger partial charge is 0.325 e. The first-order chi connectivity index (χ1) is 9.17. The van der Waals surface area contributed by atoms with Gasteiger partial charge in [0, 0.05) is 18.0 Å². The molecule has 5 heteroatoms. The monoisotopic (exact) mass is 316 g/mol. The van der Waals surface area contributed by atoms with Crippen LogP contribution in [0.3, 0.4) is 0 Å². The summed E-state index contributed by atoms with van der Waals surface area (Å²) in [6.45, 7) is 9.54. The van der Waals surface area contributed by atoms with Gasteiger partial charge in [-0.15, -0.1) is 12.4 Å². The lowest BCUT2D eigenvalue weighted by atomic mass is 10.2. The quantitative estimate of drug-likeness (QED) is 0.746. The van der Waals surface area contributed by atoms with Gasteiger partial charge in [-0.2, -0.15) is 11.8 Å². The highest BCUT2D eigenvalue weighted by Gasteiger charge is 2.05. The van der Waals surface area contributed by atoms with Crippen LogP contribution in [0.2, 0.25) is 0 Å². The SMILES string of the molecule is CCN(CC)CCSCC(=O)Nc1ccccc1C.Cl. The van der Waals surface area contributed by atoms with Gasteiger partial charge in [-0.25, -0.2) is 0 Å². The van der Waals surface area contributed by atoms with E-state index in [1.165, 1.54) is 0 Å². The van der Waals surface area contributed by atoms with E-state index >= 15 is 0 Å². The lowest BCUT2D eigenvalue weighted by molar-refractivity contribution is -0.113. The lowest BCUT2D eigenvalue weighted by Crippen LogP contribution is -2.26. The van der Waals surface area contributed by atoms with Crippen molar-refractivity contribution < 1.29 is 4.79 Å². The molecule has 0 unspecified atom stereocenters. The van der Waals surface area contributed by atoms with Crippen molar-refractivity contribution >= 4 is 35.8 Å². The average Bonchev–Trinajstić information content (AvgIpc) is 2.42. The van der Waals surface area contributed by atoms with Crippen molar-refractivity contribution in [3.05, 3.63) is 29.8 Å². The van der Waals surface area contributed by atoms with Crippen molar-refractivity contribution in [2.45, 2.75) is 20.8 Å². The van der Waals surface area contributed by atoms with Gasteiger partial charge in [0.1, 0.15) is 0 Å². The molecule has 0 fully saturated rings. The van der Waals surface area contributed by atoms with Gasteiger partial charge in [0.25, 0.3) is 0 Å². The fraction of sp³-hybridized carbons (Fsp3) is 0.533. The van der Waals surface area contributed by atoms with Crippen molar-refractivity contribution in [2.75, 3.05) is 36.5 Å². The van der Waals surface area contributed by atoms with Gasteiger partial charge in [-0.3, -0.25) is 4.79 Å². The zero-order chi connectivity index (χ0) is 14.1. The van der Waals surface area contributed by atoms with Gasteiger partial charge in [0.2, 0.25) is 5.91 Å². The molecule has 0 aliphatic rings. The summed E-state index contributed by atoms with van der Waals surface area (Å²) < 4.78 is 0. The molecule has 0 aromatic heterocycles. The number of hydrogen-bond acceptors (Lipinski definition) is 3. The maximum Gasteiger partial charge on any atom is 0.234 e. The first-order valence-electron chi connectivity index (χ1n) is 6.83. The summed E-state index contributed by atoms with van der Waals surface area (Å²) >= 11 is 1.69. The molecule has 114 valence electrons. The highest BCUT2D eigenvalue weighted by molar-refractivity contribution is 7.99. The lowest BCUT2D eigenvalue weighted by Gasteiger charge is -2.17. The number of anilines is 1. The number of benzene rings is 1. The summed E-state index contributed by atoms with van der Waals surface area (Å²) in [4.78, 5) is 14.2. The van der Waals surface area contributed by atoms with Crippen molar-refractivity contribution in [1.82, 2.24) is 4.90 Å². The first-order valence-corrected chi connectivity index (χ1v) is 7.98. The number of thioether (sulfide) groups is 1. The van der Waals surface area contributed by atoms with E-state index in [0.29, 0.717) is 5.75 Å². The Morgan fingerprint density at radius 2 is 1.90 bits per heavy atom. The highest BCUT2D eigenvalue weighted by atomic mass is 35.5. The van der Waals surface area contributed by atoms with Crippen LogP contribution in [0.4, 0.5) is 5.69 Å². The van der Waals surface area contributed by atoms with Gasteiger partial charge < -0.3 is 10.2 Å². The fourth-order valence-corrected chi connectivity index (χ4v) is 2.59. The Kier molecular flexibility index (Phi) is 10.6. The predicted molar refractivity (Wildman–Crippen MR) is 92.2 cm³/mol. The molecule has 3 nitrogen and oxygen atoms in total. The number of carbonyl (C=O) groups is 1. The molecule has 0 spiro atoms. The number of carbonyl (C=O) groups excluding carboxylic acids is 1. The van der Waals surface area contributed by atoms with E-state index in [4.69, 9.17) is 0 Å². The average molecular weight is 317 g/mol. The van der Waals surface area contributed by atoms with Crippen molar-refractivity contribution in [3.63, 3.8) is 0 Å². The molecule has 1 N–H and O–H groups in total. The molecule has 1 rings (SSSR count). The van der Waals surface area contributed by atoms with Gasteiger partial charge in [0.15, 0.2) is 0 Å². The molecule has 0 radical (unpaired) electrons. The Balaban J connectivity index is 0.00000361. The normalized spacial score (nSPS) is 10.2. The molecular weight excluding hydrogens is 292 g/mol. The van der Waals surface area contributed by atoms with Gasteiger partial charge in [-0.1, -0.05) is 32.0 Å². The molecule has 0 aliphatic heterocycles. The van der Waals surface area contributed by atoms with Crippen LogP contribution in [0.15, 0.2) is 24.3 Å². The second-order valence-corrected chi connectivity index (χ2v) is 5.55. The molecule has 1 aromatic rings. The Labute approximate surface area is 132 Å². The summed E-state index contributed by atoms with van der Waals surface area (Å²) in [5.41, 5.74) is 2.01. The molecule has 0 heterocycles. The second-order valence-electron chi connectivity index (χ2n) is 4.44. The summed E-state index contributed by atoms with van der Waals surface area (Å²) in [6, 6.07) is 7.86. The standard InChI is InChI=1S/C15H24N2OS.ClH/c1-4-17(5-2)10-11-19-12-15(18)16-14-9-7-6-8-13(14)3;/h6-9H,4-5,10-12H2,1-3H3,(H,16,18);1H. The molecule has 20 heavy (non-hydrogen) atoms. The maximum atomic E-state index is 11.8. The van der Waals surface area contributed by atoms with Crippen LogP contribution in [-0.4, -0.2) is 41.9 Å². The zero-order valence-corrected chi connectivity index (χ0v) is 14.1. The molecule has 1 amide bonds. The zero-order valence-electron chi connectivity index (χ0n) is 12.5. The molecule has 0 atom stereocenters. The number of amides is 1. The Morgan fingerprint density at radius 3 is 2.50 bits per heavy atom. The predicted octanol–water partition coefficient (Wildman–Crippen LogP) is 3.43. The third-order valence-corrected chi connectivity index (χ3v) is 4.04. The summed E-state index contributed by atoms with van der Waals surface area (Å²) in [5.74, 6) is 1.61. The van der Waals surface area contributed by atoms with E-state index in [9.17, 15) is 4.79 Å². The molecule has 0 saturated carbocycles. The van der Waals surface area contributed by atoms with Crippen LogP contribution in [-0.2, 0) is 4.79 Å². The second kappa shape index (κ2) is 11.0. The Morgan fingerprint density at radius 1 is 1.25 bits per heavy atom. The van der Waals surface area contributed by atoms with Crippen LogP contribution in [0, 0.1) is 6.92 Å². The highest BCUT2D eigenvalue weighted by Crippen LogP contribution is 2.13. The Hall–Kier alpha value is -0.710. The van der Waals surface area contributed by atoms with E-state index in [2.05, 4.69) is 24.1 Å². The van der Waals surface area contributed by atoms with Gasteiger partial charge in [0.05, 0.1) is 5.75 Å². The fourth-order valence-electron chi connectivity index (χ4n) is 1.80. The topological polar surface area (TPSA) is 32.3 Å². The third kappa shape index (κ3) is 7.17. The van der Waals surface area contributed by atoms with E-state index in [1.54, 1.807) is 11.8 Å². The minimum absolute atomic E-state index is 0. The van der Waals surface area contributed by atoms with Crippen molar-refractivity contribution in [2.24, 2.45) is 0 Å². The molecule has 0 bridgehead atoms. The molecule has 1 aromatic carbocycles. The summed E-state index contributed by atoms with van der Waals surface area (Å²) in [6.07, 6.45) is 0. The smallest absolute Gasteiger partial charge is 0.234 e. The summed E-state index contributed by atoms with van der Waals surface area (Å²) in [5, 5.41) is 2.95. The van der Waals surface area contributed by atoms with Crippen LogP contribution in [0.25, 0.3) is 0 Å². The van der Waals surface area contributed by atoms with Crippen molar-refractivity contribution in [3.8, 4) is 0 Å². The van der Waals surface area contributed by atoms with Crippen LogP contribution in [0.5, 0.6) is 0 Å². The van der Waals surface area contributed by atoms with E-state index < -0.39 is 0 Å². The maximum absolute atomic E-state index is 11.8. The molecular formula is C15H25ClN2OS.